The minimum absolute atomic E-state index is 0.172. The van der Waals surface area contributed by atoms with E-state index >= 15 is 0 Å². The van der Waals surface area contributed by atoms with Crippen molar-refractivity contribution in [1.29, 1.82) is 0 Å². The predicted octanol–water partition coefficient (Wildman–Crippen LogP) is 0.161. The summed E-state index contributed by atoms with van der Waals surface area (Å²) in [5, 5.41) is 6.73. The zero-order chi connectivity index (χ0) is 8.27. The maximum absolute atomic E-state index is 11.2. The second-order valence-corrected chi connectivity index (χ2v) is 2.11. The van der Waals surface area contributed by atoms with Gasteiger partial charge in [0.15, 0.2) is 5.69 Å². The lowest BCUT2D eigenvalue weighted by Gasteiger charge is -2.10. The molecule has 0 radical (unpaired) electrons. The van der Waals surface area contributed by atoms with E-state index < -0.39 is 0 Å². The minimum Gasteiger partial charge on any atom is -0.340 e. The van der Waals surface area contributed by atoms with Crippen molar-refractivity contribution in [3.63, 3.8) is 0 Å². The third kappa shape index (κ3) is 1.54. The standard InChI is InChI=1S/C6H9N3O2/c1-3-9(2)6(10)5-4-7-11-8-5/h4H,3H2,1-2H3. The van der Waals surface area contributed by atoms with Crippen LogP contribution in [0.2, 0.25) is 0 Å². The Balaban J connectivity index is 2.70. The van der Waals surface area contributed by atoms with Crippen LogP contribution in [-0.4, -0.2) is 34.7 Å². The number of hydrogen-bond donors (Lipinski definition) is 0. The molecule has 0 saturated heterocycles. The lowest BCUT2D eigenvalue weighted by atomic mass is 10.4. The molecule has 60 valence electrons. The maximum Gasteiger partial charge on any atom is 0.277 e. The van der Waals surface area contributed by atoms with Gasteiger partial charge in [-0.25, -0.2) is 4.63 Å². The van der Waals surface area contributed by atoms with Crippen molar-refractivity contribution in [3.8, 4) is 0 Å². The summed E-state index contributed by atoms with van der Waals surface area (Å²) < 4.78 is 4.28. The molecule has 1 rings (SSSR count). The van der Waals surface area contributed by atoms with Gasteiger partial charge in [-0.3, -0.25) is 4.79 Å². The van der Waals surface area contributed by atoms with Crippen LogP contribution in [-0.2, 0) is 0 Å². The minimum atomic E-state index is -0.172. The number of amides is 1. The molecule has 0 aliphatic carbocycles. The summed E-state index contributed by atoms with van der Waals surface area (Å²) in [6, 6.07) is 0. The maximum atomic E-state index is 11.2. The van der Waals surface area contributed by atoms with Crippen molar-refractivity contribution in [2.75, 3.05) is 13.6 Å². The molecular weight excluding hydrogens is 146 g/mol. The zero-order valence-corrected chi connectivity index (χ0v) is 6.44. The van der Waals surface area contributed by atoms with Crippen LogP contribution < -0.4 is 0 Å². The SMILES string of the molecule is CCN(C)C(=O)c1cnon1. The summed E-state index contributed by atoms with van der Waals surface area (Å²) >= 11 is 0. The lowest BCUT2D eigenvalue weighted by Crippen LogP contribution is -2.26. The summed E-state index contributed by atoms with van der Waals surface area (Å²) in [6.45, 7) is 2.52. The highest BCUT2D eigenvalue weighted by atomic mass is 16.6. The molecular formula is C6H9N3O2. The topological polar surface area (TPSA) is 59.2 Å². The number of hydrogen-bond acceptors (Lipinski definition) is 4. The lowest BCUT2D eigenvalue weighted by molar-refractivity contribution is 0.0791. The van der Waals surface area contributed by atoms with Crippen LogP contribution in [0.15, 0.2) is 10.8 Å². The van der Waals surface area contributed by atoms with Gasteiger partial charge in [-0.15, -0.1) is 0 Å². The smallest absolute Gasteiger partial charge is 0.277 e. The second kappa shape index (κ2) is 3.14. The Kier molecular flexibility index (Phi) is 2.20. The molecule has 0 saturated carbocycles. The summed E-state index contributed by atoms with van der Waals surface area (Å²) in [4.78, 5) is 12.7. The molecule has 1 heterocycles. The number of rotatable bonds is 2. The molecule has 0 spiro atoms. The largest absolute Gasteiger partial charge is 0.340 e. The van der Waals surface area contributed by atoms with Gasteiger partial charge in [0.1, 0.15) is 6.20 Å². The highest BCUT2D eigenvalue weighted by molar-refractivity contribution is 5.91. The first-order valence-electron chi connectivity index (χ1n) is 3.28. The average Bonchev–Trinajstić information content (AvgIpc) is 2.53. The van der Waals surface area contributed by atoms with Gasteiger partial charge >= 0.3 is 0 Å². The van der Waals surface area contributed by atoms with E-state index in [9.17, 15) is 4.79 Å². The van der Waals surface area contributed by atoms with Gasteiger partial charge in [-0.05, 0) is 12.1 Å². The normalized spacial score (nSPS) is 9.64. The Morgan fingerprint density at radius 2 is 2.55 bits per heavy atom. The van der Waals surface area contributed by atoms with Gasteiger partial charge in [-0.2, -0.15) is 0 Å². The fourth-order valence-corrected chi connectivity index (χ4v) is 0.598. The molecule has 0 aliphatic heterocycles. The third-order valence-corrected chi connectivity index (χ3v) is 1.40. The van der Waals surface area contributed by atoms with Crippen LogP contribution in [0.25, 0.3) is 0 Å². The summed E-state index contributed by atoms with van der Waals surface area (Å²) in [5.74, 6) is -0.172. The van der Waals surface area contributed by atoms with Crippen LogP contribution in [0, 0.1) is 0 Å². The Labute approximate surface area is 63.9 Å². The first-order valence-corrected chi connectivity index (χ1v) is 3.28. The van der Waals surface area contributed by atoms with Gasteiger partial charge in [0.05, 0.1) is 0 Å². The first kappa shape index (κ1) is 7.71. The molecule has 0 unspecified atom stereocenters. The van der Waals surface area contributed by atoms with Crippen molar-refractivity contribution < 1.29 is 9.42 Å². The number of carbonyl (C=O) groups is 1. The van der Waals surface area contributed by atoms with Gasteiger partial charge < -0.3 is 4.90 Å². The highest BCUT2D eigenvalue weighted by Crippen LogP contribution is 1.96. The summed E-state index contributed by atoms with van der Waals surface area (Å²) in [6.07, 6.45) is 1.30. The summed E-state index contributed by atoms with van der Waals surface area (Å²) in [5.41, 5.74) is 0.245. The van der Waals surface area contributed by atoms with E-state index in [0.717, 1.165) is 0 Å². The van der Waals surface area contributed by atoms with E-state index in [0.29, 0.717) is 6.54 Å². The van der Waals surface area contributed by atoms with E-state index in [-0.39, 0.29) is 11.6 Å². The van der Waals surface area contributed by atoms with Crippen LogP contribution in [0.3, 0.4) is 0 Å². The molecule has 5 heteroatoms. The molecule has 0 atom stereocenters. The van der Waals surface area contributed by atoms with E-state index in [4.69, 9.17) is 0 Å². The van der Waals surface area contributed by atoms with Crippen LogP contribution >= 0.6 is 0 Å². The van der Waals surface area contributed by atoms with Gasteiger partial charge in [0, 0.05) is 13.6 Å². The molecule has 0 N–H and O–H groups in total. The molecule has 11 heavy (non-hydrogen) atoms. The zero-order valence-electron chi connectivity index (χ0n) is 6.44. The van der Waals surface area contributed by atoms with Crippen molar-refractivity contribution in [3.05, 3.63) is 11.9 Å². The third-order valence-electron chi connectivity index (χ3n) is 1.40. The van der Waals surface area contributed by atoms with Crippen molar-refractivity contribution in [2.45, 2.75) is 6.92 Å². The van der Waals surface area contributed by atoms with E-state index in [1.54, 1.807) is 7.05 Å². The molecule has 0 aliphatic rings. The Morgan fingerprint density at radius 1 is 1.82 bits per heavy atom. The molecule has 0 bridgehead atoms. The van der Waals surface area contributed by atoms with Crippen molar-refractivity contribution in [1.82, 2.24) is 15.2 Å². The average molecular weight is 155 g/mol. The number of nitrogens with zero attached hydrogens (tertiary/aromatic N) is 3. The van der Waals surface area contributed by atoms with E-state index in [2.05, 4.69) is 14.9 Å². The molecule has 0 fully saturated rings. The van der Waals surface area contributed by atoms with Crippen LogP contribution in [0.1, 0.15) is 17.4 Å². The van der Waals surface area contributed by atoms with E-state index in [1.807, 2.05) is 6.92 Å². The predicted molar refractivity (Wildman–Crippen MR) is 36.9 cm³/mol. The fraction of sp³-hybridized carbons (Fsp3) is 0.500. The van der Waals surface area contributed by atoms with Crippen molar-refractivity contribution in [2.24, 2.45) is 0 Å². The van der Waals surface area contributed by atoms with Gasteiger partial charge in [0.2, 0.25) is 0 Å². The Morgan fingerprint density at radius 3 is 3.00 bits per heavy atom. The highest BCUT2D eigenvalue weighted by Gasteiger charge is 2.12. The Bertz CT molecular complexity index is 232. The van der Waals surface area contributed by atoms with Crippen LogP contribution in [0.5, 0.6) is 0 Å². The first-order chi connectivity index (χ1) is 5.25. The molecule has 1 aromatic heterocycles. The van der Waals surface area contributed by atoms with Crippen molar-refractivity contribution >= 4 is 5.91 Å². The summed E-state index contributed by atoms with van der Waals surface area (Å²) in [7, 11) is 1.69. The van der Waals surface area contributed by atoms with Gasteiger partial charge in [-0.1, -0.05) is 5.16 Å². The molecule has 0 aromatic carbocycles. The van der Waals surface area contributed by atoms with Crippen LogP contribution in [0.4, 0.5) is 0 Å². The Hall–Kier alpha value is -1.39. The monoisotopic (exact) mass is 155 g/mol. The fourth-order valence-electron chi connectivity index (χ4n) is 0.598. The number of aromatic nitrogens is 2. The van der Waals surface area contributed by atoms with E-state index in [1.165, 1.54) is 11.1 Å². The second-order valence-electron chi connectivity index (χ2n) is 2.11. The molecule has 5 nitrogen and oxygen atoms in total. The quantitative estimate of drug-likeness (QED) is 0.610. The van der Waals surface area contributed by atoms with Gasteiger partial charge in [0.25, 0.3) is 5.91 Å². The number of carbonyl (C=O) groups excluding carboxylic acids is 1. The molecule has 1 amide bonds. The molecule has 1 aromatic rings.